The zero-order chi connectivity index (χ0) is 22.9. The number of hydrogen-bond acceptors (Lipinski definition) is 6. The molecule has 2 N–H and O–H groups in total. The number of likely N-dealkylation sites (tertiary alicyclic amines) is 2. The third-order valence-corrected chi connectivity index (χ3v) is 4.95. The van der Waals surface area contributed by atoms with Gasteiger partial charge in [0.05, 0.1) is 0 Å². The average Bonchev–Trinajstić information content (AvgIpc) is 3.23. The summed E-state index contributed by atoms with van der Waals surface area (Å²) in [6, 6.07) is 0. The van der Waals surface area contributed by atoms with Gasteiger partial charge in [-0.3, -0.25) is 0 Å². The van der Waals surface area contributed by atoms with Crippen molar-refractivity contribution >= 4 is 12.2 Å². The first-order valence-corrected chi connectivity index (χ1v) is 11.0. The monoisotopic (exact) mass is 430 g/mol. The van der Waals surface area contributed by atoms with Crippen LogP contribution in [0.2, 0.25) is 0 Å². The van der Waals surface area contributed by atoms with Crippen LogP contribution in [0.1, 0.15) is 67.2 Å². The second-order valence-electron chi connectivity index (χ2n) is 10.2. The van der Waals surface area contributed by atoms with E-state index in [0.717, 1.165) is 51.9 Å². The topological polar surface area (TPSA) is 99.5 Å². The van der Waals surface area contributed by atoms with E-state index in [1.54, 1.807) is 9.80 Å². The summed E-state index contributed by atoms with van der Waals surface area (Å²) in [5.41, 5.74) is -0.849. The minimum absolute atomic E-state index is 0.201. The van der Waals surface area contributed by atoms with E-state index in [2.05, 4.69) is 0 Å². The molecule has 2 aliphatic heterocycles. The van der Waals surface area contributed by atoms with Gasteiger partial charge in [-0.05, 0) is 79.1 Å². The van der Waals surface area contributed by atoms with Crippen LogP contribution >= 0.6 is 0 Å². The first-order valence-electron chi connectivity index (χ1n) is 11.0. The summed E-state index contributed by atoms with van der Waals surface area (Å²) in [7, 11) is 0. The Bertz CT molecular complexity index is 493. The van der Waals surface area contributed by atoms with Crippen molar-refractivity contribution in [3.8, 4) is 0 Å². The number of ether oxygens (including phenoxy) is 2. The van der Waals surface area contributed by atoms with Gasteiger partial charge in [0.15, 0.2) is 0 Å². The Kier molecular flexibility index (Phi) is 10.4. The van der Waals surface area contributed by atoms with Crippen molar-refractivity contribution in [2.75, 3.05) is 39.4 Å². The Morgan fingerprint density at radius 3 is 1.37 bits per heavy atom. The molecule has 2 heterocycles. The van der Waals surface area contributed by atoms with Gasteiger partial charge >= 0.3 is 12.2 Å². The van der Waals surface area contributed by atoms with Crippen LogP contribution in [0, 0.1) is 11.8 Å². The maximum absolute atomic E-state index is 11.7. The molecular weight excluding hydrogens is 388 g/mol. The zero-order valence-corrected chi connectivity index (χ0v) is 19.6. The fraction of sp³-hybridized carbons (Fsp3) is 0.909. The zero-order valence-electron chi connectivity index (χ0n) is 19.6. The van der Waals surface area contributed by atoms with Crippen molar-refractivity contribution in [1.82, 2.24) is 9.80 Å². The molecule has 0 spiro atoms. The molecule has 2 atom stereocenters. The number of aliphatic hydroxyl groups excluding tert-OH is 2. The van der Waals surface area contributed by atoms with E-state index in [9.17, 15) is 9.59 Å². The lowest BCUT2D eigenvalue weighted by Crippen LogP contribution is -2.35. The number of amides is 2. The molecule has 2 rings (SSSR count). The Hall–Kier alpha value is -1.54. The minimum atomic E-state index is -0.424. The van der Waals surface area contributed by atoms with Gasteiger partial charge in [0.2, 0.25) is 0 Å². The number of aliphatic hydroxyl groups is 2. The van der Waals surface area contributed by atoms with Crippen LogP contribution in [0.4, 0.5) is 9.59 Å². The molecule has 0 bridgehead atoms. The highest BCUT2D eigenvalue weighted by Gasteiger charge is 2.30. The SMILES string of the molecule is CC(C)(C)OC(=O)N1CCC(CCO)C1.CC(C)(C)OC(=O)N1CCC(CCO)C1. The van der Waals surface area contributed by atoms with Gasteiger partial charge in [-0.25, -0.2) is 9.59 Å². The number of rotatable bonds is 4. The largest absolute Gasteiger partial charge is 0.444 e. The Morgan fingerprint density at radius 1 is 0.767 bits per heavy atom. The maximum atomic E-state index is 11.7. The van der Waals surface area contributed by atoms with Crippen molar-refractivity contribution in [3.63, 3.8) is 0 Å². The van der Waals surface area contributed by atoms with Gasteiger partial charge in [0, 0.05) is 39.4 Å². The lowest BCUT2D eigenvalue weighted by Gasteiger charge is -2.24. The average molecular weight is 431 g/mol. The number of hydrogen-bond donors (Lipinski definition) is 2. The molecule has 176 valence electrons. The third-order valence-electron chi connectivity index (χ3n) is 4.95. The molecule has 8 nitrogen and oxygen atoms in total. The van der Waals surface area contributed by atoms with Gasteiger partial charge in [0.1, 0.15) is 11.2 Å². The number of carbonyl (C=O) groups excluding carboxylic acids is 2. The molecular formula is C22H42N2O6. The highest BCUT2D eigenvalue weighted by Crippen LogP contribution is 2.22. The molecule has 2 fully saturated rings. The van der Waals surface area contributed by atoms with Gasteiger partial charge in [-0.2, -0.15) is 0 Å². The van der Waals surface area contributed by atoms with E-state index < -0.39 is 11.2 Å². The van der Waals surface area contributed by atoms with Crippen molar-refractivity contribution in [2.24, 2.45) is 11.8 Å². The molecule has 2 saturated heterocycles. The first-order chi connectivity index (χ1) is 13.8. The van der Waals surface area contributed by atoms with Crippen LogP contribution < -0.4 is 0 Å². The van der Waals surface area contributed by atoms with E-state index >= 15 is 0 Å². The molecule has 8 heteroatoms. The third kappa shape index (κ3) is 10.5. The normalized spacial score (nSPS) is 21.9. The summed E-state index contributed by atoms with van der Waals surface area (Å²) >= 11 is 0. The fourth-order valence-electron chi connectivity index (χ4n) is 3.49. The first kappa shape index (κ1) is 26.5. The van der Waals surface area contributed by atoms with Gasteiger partial charge < -0.3 is 29.5 Å². The van der Waals surface area contributed by atoms with E-state index in [1.807, 2.05) is 41.5 Å². The molecule has 0 aromatic heterocycles. The predicted molar refractivity (Wildman–Crippen MR) is 115 cm³/mol. The highest BCUT2D eigenvalue weighted by atomic mass is 16.6. The van der Waals surface area contributed by atoms with Crippen molar-refractivity contribution in [2.45, 2.75) is 78.4 Å². The van der Waals surface area contributed by atoms with Crippen molar-refractivity contribution < 1.29 is 29.3 Å². The Balaban J connectivity index is 0.000000300. The number of nitrogens with zero attached hydrogens (tertiary/aromatic N) is 2. The molecule has 30 heavy (non-hydrogen) atoms. The fourth-order valence-corrected chi connectivity index (χ4v) is 3.49. The predicted octanol–water partition coefficient (Wildman–Crippen LogP) is 3.25. The molecule has 0 saturated carbocycles. The molecule has 0 aromatic carbocycles. The summed E-state index contributed by atoms with van der Waals surface area (Å²) in [5, 5.41) is 17.6. The number of carbonyl (C=O) groups is 2. The van der Waals surface area contributed by atoms with Crippen LogP contribution in [0.15, 0.2) is 0 Å². The van der Waals surface area contributed by atoms with Crippen LogP contribution in [-0.2, 0) is 9.47 Å². The Morgan fingerprint density at radius 2 is 1.10 bits per heavy atom. The van der Waals surface area contributed by atoms with Gasteiger partial charge in [0.25, 0.3) is 0 Å². The summed E-state index contributed by atoms with van der Waals surface area (Å²) in [4.78, 5) is 26.8. The van der Waals surface area contributed by atoms with Gasteiger partial charge in [-0.1, -0.05) is 0 Å². The second-order valence-corrected chi connectivity index (χ2v) is 10.2. The Labute approximate surface area is 181 Å². The highest BCUT2D eigenvalue weighted by molar-refractivity contribution is 5.68. The van der Waals surface area contributed by atoms with E-state index in [4.69, 9.17) is 19.7 Å². The summed E-state index contributed by atoms with van der Waals surface area (Å²) < 4.78 is 10.5. The van der Waals surface area contributed by atoms with Crippen LogP contribution in [0.5, 0.6) is 0 Å². The van der Waals surface area contributed by atoms with Crippen molar-refractivity contribution in [1.29, 1.82) is 0 Å². The smallest absolute Gasteiger partial charge is 0.410 e. The second kappa shape index (κ2) is 11.7. The summed E-state index contributed by atoms with van der Waals surface area (Å²) in [6.07, 6.45) is 3.03. The van der Waals surface area contributed by atoms with Crippen LogP contribution in [0.3, 0.4) is 0 Å². The maximum Gasteiger partial charge on any atom is 0.410 e. The quantitative estimate of drug-likeness (QED) is 0.710. The van der Waals surface area contributed by atoms with Crippen molar-refractivity contribution in [3.05, 3.63) is 0 Å². The lowest BCUT2D eigenvalue weighted by atomic mass is 10.1. The summed E-state index contributed by atoms with van der Waals surface area (Å²) in [5.74, 6) is 0.866. The van der Waals surface area contributed by atoms with E-state index in [1.165, 1.54) is 0 Å². The van der Waals surface area contributed by atoms with E-state index in [-0.39, 0.29) is 25.4 Å². The standard InChI is InChI=1S/2C11H21NO3/c2*1-11(2,3)15-10(14)12-6-4-9(8-12)5-7-13/h2*9,13H,4-8H2,1-3H3. The van der Waals surface area contributed by atoms with Crippen LogP contribution in [0.25, 0.3) is 0 Å². The molecule has 2 amide bonds. The molecule has 0 aromatic rings. The molecule has 2 aliphatic rings. The van der Waals surface area contributed by atoms with Crippen LogP contribution in [-0.4, -0.2) is 82.8 Å². The van der Waals surface area contributed by atoms with Gasteiger partial charge in [-0.15, -0.1) is 0 Å². The molecule has 0 aliphatic carbocycles. The molecule has 2 unspecified atom stereocenters. The summed E-state index contributed by atoms with van der Waals surface area (Å²) in [6.45, 7) is 14.5. The van der Waals surface area contributed by atoms with E-state index in [0.29, 0.717) is 11.8 Å². The lowest BCUT2D eigenvalue weighted by molar-refractivity contribution is 0.0276. The molecule has 0 radical (unpaired) electrons. The minimum Gasteiger partial charge on any atom is -0.444 e.